The van der Waals surface area contributed by atoms with Crippen molar-refractivity contribution in [1.29, 1.82) is 0 Å². The lowest BCUT2D eigenvalue weighted by Crippen LogP contribution is -2.47. The average Bonchev–Trinajstić information content (AvgIpc) is 2.67. The highest BCUT2D eigenvalue weighted by Crippen LogP contribution is 2.12. The molecule has 2 rings (SSSR count). The van der Waals surface area contributed by atoms with Gasteiger partial charge in [-0.25, -0.2) is 14.0 Å². The minimum absolute atomic E-state index is 0.0966. The number of anilines is 1. The highest BCUT2D eigenvalue weighted by Gasteiger charge is 2.25. The lowest BCUT2D eigenvalue weighted by Gasteiger charge is -2.16. The van der Waals surface area contributed by atoms with Crippen LogP contribution >= 0.6 is 0 Å². The molecule has 0 spiro atoms. The number of nitrogens with one attached hydrogen (secondary N) is 2. The second-order valence-corrected chi connectivity index (χ2v) is 6.33. The minimum atomic E-state index is -1.47. The summed E-state index contributed by atoms with van der Waals surface area (Å²) < 4.78 is 17.8. The lowest BCUT2D eigenvalue weighted by atomic mass is 10.1. The van der Waals surface area contributed by atoms with Gasteiger partial charge in [0.25, 0.3) is 0 Å². The lowest BCUT2D eigenvalue weighted by molar-refractivity contribution is -0.142. The van der Waals surface area contributed by atoms with Crippen molar-refractivity contribution >= 4 is 23.7 Å². The molecule has 0 aliphatic rings. The number of rotatable bonds is 8. The van der Waals surface area contributed by atoms with E-state index in [2.05, 4.69) is 10.6 Å². The van der Waals surface area contributed by atoms with Gasteiger partial charge in [0.05, 0.1) is 12.5 Å². The van der Waals surface area contributed by atoms with E-state index in [1.54, 1.807) is 24.3 Å². The van der Waals surface area contributed by atoms with Crippen molar-refractivity contribution in [2.45, 2.75) is 32.1 Å². The first kappa shape index (κ1) is 21.8. The number of aliphatic hydroxyl groups excluding tert-OH is 1. The normalized spacial score (nSPS) is 12.5. The second-order valence-electron chi connectivity index (χ2n) is 6.33. The largest absolute Gasteiger partial charge is 0.480 e. The molecular formula is C20H21FN2O6. The number of carboxylic acid groups (broad SMARTS) is 1. The van der Waals surface area contributed by atoms with E-state index >= 15 is 0 Å². The second kappa shape index (κ2) is 10.2. The summed E-state index contributed by atoms with van der Waals surface area (Å²) in [5.74, 6) is -2.01. The SMILES string of the molecule is CC(O)C(NC(=O)OCc1ccc(NC(=O)Cc2ccc(F)cc2)cc1)C(=O)O. The predicted octanol–water partition coefficient (Wildman–Crippen LogP) is 2.07. The third-order valence-electron chi connectivity index (χ3n) is 3.91. The molecule has 2 unspecified atom stereocenters. The van der Waals surface area contributed by atoms with Crippen LogP contribution in [0.1, 0.15) is 18.1 Å². The molecule has 9 heteroatoms. The van der Waals surface area contributed by atoms with E-state index in [1.807, 2.05) is 0 Å². The zero-order chi connectivity index (χ0) is 21.4. The fourth-order valence-electron chi connectivity index (χ4n) is 2.38. The van der Waals surface area contributed by atoms with Crippen LogP contribution in [0.15, 0.2) is 48.5 Å². The number of amides is 2. The summed E-state index contributed by atoms with van der Waals surface area (Å²) in [5, 5.41) is 23.0. The zero-order valence-corrected chi connectivity index (χ0v) is 15.6. The van der Waals surface area contributed by atoms with E-state index in [1.165, 1.54) is 31.2 Å². The number of aliphatic hydroxyl groups is 1. The van der Waals surface area contributed by atoms with Crippen LogP contribution < -0.4 is 10.6 Å². The van der Waals surface area contributed by atoms with E-state index in [-0.39, 0.29) is 24.8 Å². The van der Waals surface area contributed by atoms with Crippen molar-refractivity contribution in [3.8, 4) is 0 Å². The number of ether oxygens (including phenoxy) is 1. The summed E-state index contributed by atoms with van der Waals surface area (Å²) in [4.78, 5) is 34.6. The standard InChI is InChI=1S/C20H21FN2O6/c1-12(24)18(19(26)27)23-20(28)29-11-14-4-8-16(9-5-14)22-17(25)10-13-2-6-15(21)7-3-13/h2-9,12,18,24H,10-11H2,1H3,(H,22,25)(H,23,28)(H,26,27). The quantitative estimate of drug-likeness (QED) is 0.534. The Hall–Kier alpha value is -3.46. The molecule has 4 N–H and O–H groups in total. The minimum Gasteiger partial charge on any atom is -0.480 e. The number of benzene rings is 2. The Morgan fingerprint density at radius 2 is 1.62 bits per heavy atom. The van der Waals surface area contributed by atoms with Gasteiger partial charge in [0.15, 0.2) is 6.04 Å². The van der Waals surface area contributed by atoms with Gasteiger partial charge in [0, 0.05) is 5.69 Å². The van der Waals surface area contributed by atoms with Crippen molar-refractivity contribution in [2.24, 2.45) is 0 Å². The Kier molecular flexibility index (Phi) is 7.67. The molecule has 0 aliphatic heterocycles. The molecule has 2 amide bonds. The molecule has 0 fully saturated rings. The van der Waals surface area contributed by atoms with Gasteiger partial charge in [-0.15, -0.1) is 0 Å². The summed E-state index contributed by atoms with van der Waals surface area (Å²) in [6.45, 7) is 1.12. The number of halogens is 1. The van der Waals surface area contributed by atoms with Gasteiger partial charge in [-0.2, -0.15) is 0 Å². The van der Waals surface area contributed by atoms with Crippen LogP contribution in [-0.2, 0) is 27.4 Å². The third kappa shape index (κ3) is 7.23. The van der Waals surface area contributed by atoms with Gasteiger partial charge in [-0.3, -0.25) is 4.79 Å². The Balaban J connectivity index is 1.82. The van der Waals surface area contributed by atoms with Crippen molar-refractivity contribution in [3.63, 3.8) is 0 Å². The smallest absolute Gasteiger partial charge is 0.408 e. The topological polar surface area (TPSA) is 125 Å². The number of hydrogen-bond acceptors (Lipinski definition) is 5. The van der Waals surface area contributed by atoms with Crippen LogP contribution in [0.4, 0.5) is 14.9 Å². The highest BCUT2D eigenvalue weighted by atomic mass is 19.1. The van der Waals surface area contributed by atoms with Crippen molar-refractivity contribution in [1.82, 2.24) is 5.32 Å². The maximum Gasteiger partial charge on any atom is 0.408 e. The van der Waals surface area contributed by atoms with Crippen LogP contribution in [0.2, 0.25) is 0 Å². The summed E-state index contributed by atoms with van der Waals surface area (Å²) in [7, 11) is 0. The fraction of sp³-hybridized carbons (Fsp3) is 0.250. The van der Waals surface area contributed by atoms with Crippen LogP contribution in [0, 0.1) is 5.82 Å². The van der Waals surface area contributed by atoms with Crippen LogP contribution in [0.25, 0.3) is 0 Å². The number of hydrogen-bond donors (Lipinski definition) is 4. The van der Waals surface area contributed by atoms with Gasteiger partial charge in [0.1, 0.15) is 12.4 Å². The Bertz CT molecular complexity index is 852. The number of carbonyl (C=O) groups is 3. The summed E-state index contributed by atoms with van der Waals surface area (Å²) in [6.07, 6.45) is -2.16. The first-order chi connectivity index (χ1) is 13.7. The molecule has 8 nitrogen and oxygen atoms in total. The first-order valence-electron chi connectivity index (χ1n) is 8.72. The highest BCUT2D eigenvalue weighted by molar-refractivity contribution is 5.92. The van der Waals surface area contributed by atoms with E-state index in [0.717, 1.165) is 0 Å². The van der Waals surface area contributed by atoms with Crippen molar-refractivity contribution in [2.75, 3.05) is 5.32 Å². The number of alkyl carbamates (subject to hydrolysis) is 1. The van der Waals surface area contributed by atoms with Gasteiger partial charge >= 0.3 is 12.1 Å². The maximum atomic E-state index is 12.9. The molecular weight excluding hydrogens is 383 g/mol. The monoisotopic (exact) mass is 404 g/mol. The Morgan fingerprint density at radius 1 is 1.03 bits per heavy atom. The van der Waals surface area contributed by atoms with Crippen molar-refractivity contribution in [3.05, 3.63) is 65.5 Å². The van der Waals surface area contributed by atoms with Gasteiger partial charge in [-0.05, 0) is 42.3 Å². The maximum absolute atomic E-state index is 12.9. The van der Waals surface area contributed by atoms with Gasteiger partial charge in [-0.1, -0.05) is 24.3 Å². The third-order valence-corrected chi connectivity index (χ3v) is 3.91. The molecule has 2 atom stereocenters. The molecule has 0 heterocycles. The molecule has 0 saturated heterocycles. The summed E-state index contributed by atoms with van der Waals surface area (Å²) in [6, 6.07) is 10.7. The first-order valence-corrected chi connectivity index (χ1v) is 8.72. The molecule has 0 aromatic heterocycles. The number of carbonyl (C=O) groups excluding carboxylic acids is 2. The molecule has 2 aromatic carbocycles. The molecule has 0 radical (unpaired) electrons. The number of carboxylic acids is 1. The van der Waals surface area contributed by atoms with E-state index in [4.69, 9.17) is 9.84 Å². The average molecular weight is 404 g/mol. The molecule has 29 heavy (non-hydrogen) atoms. The molecule has 154 valence electrons. The van der Waals surface area contributed by atoms with E-state index in [0.29, 0.717) is 16.8 Å². The van der Waals surface area contributed by atoms with E-state index < -0.39 is 24.2 Å². The van der Waals surface area contributed by atoms with Crippen LogP contribution in [0.5, 0.6) is 0 Å². The zero-order valence-electron chi connectivity index (χ0n) is 15.6. The molecule has 0 aliphatic carbocycles. The Morgan fingerprint density at radius 3 is 2.17 bits per heavy atom. The van der Waals surface area contributed by atoms with Crippen LogP contribution in [0.3, 0.4) is 0 Å². The number of aliphatic carboxylic acids is 1. The molecule has 0 bridgehead atoms. The fourth-order valence-corrected chi connectivity index (χ4v) is 2.38. The summed E-state index contributed by atoms with van der Waals surface area (Å²) >= 11 is 0. The molecule has 0 saturated carbocycles. The van der Waals surface area contributed by atoms with Crippen LogP contribution in [-0.4, -0.2) is 40.3 Å². The van der Waals surface area contributed by atoms with E-state index in [9.17, 15) is 23.9 Å². The van der Waals surface area contributed by atoms with Gasteiger partial charge < -0.3 is 25.6 Å². The Labute approximate surface area is 166 Å². The summed E-state index contributed by atoms with van der Waals surface area (Å²) in [5.41, 5.74) is 1.82. The predicted molar refractivity (Wildman–Crippen MR) is 102 cm³/mol. The molecule has 2 aromatic rings. The van der Waals surface area contributed by atoms with Gasteiger partial charge in [0.2, 0.25) is 5.91 Å². The van der Waals surface area contributed by atoms with Crippen molar-refractivity contribution < 1.29 is 33.7 Å².